The summed E-state index contributed by atoms with van der Waals surface area (Å²) in [5.41, 5.74) is 2.56. The number of halogens is 1. The van der Waals surface area contributed by atoms with Crippen molar-refractivity contribution in [3.05, 3.63) is 58.1 Å². The van der Waals surface area contributed by atoms with E-state index in [4.69, 9.17) is 4.74 Å². The van der Waals surface area contributed by atoms with Gasteiger partial charge in [-0.2, -0.15) is 0 Å². The zero-order valence-electron chi connectivity index (χ0n) is 11.7. The van der Waals surface area contributed by atoms with Gasteiger partial charge < -0.3 is 9.64 Å². The monoisotopic (exact) mass is 333 g/mol. The van der Waals surface area contributed by atoms with Crippen LogP contribution >= 0.6 is 15.9 Å². The van der Waals surface area contributed by atoms with Crippen molar-refractivity contribution in [3.63, 3.8) is 0 Å². The summed E-state index contributed by atoms with van der Waals surface area (Å²) in [7, 11) is 3.35. The number of hydrogen-bond donors (Lipinski definition) is 0. The summed E-state index contributed by atoms with van der Waals surface area (Å²) in [6, 6.07) is 13.2. The lowest BCUT2D eigenvalue weighted by molar-refractivity contribution is 0.0992. The molecule has 104 valence electrons. The SMILES string of the molecule is COc1ccc(Br)c(C(=O)N(C)c2cccc(C)c2)c1. The van der Waals surface area contributed by atoms with Crippen molar-refractivity contribution in [2.45, 2.75) is 6.92 Å². The van der Waals surface area contributed by atoms with E-state index in [0.717, 1.165) is 15.7 Å². The van der Waals surface area contributed by atoms with Gasteiger partial charge >= 0.3 is 0 Å². The second-order valence-corrected chi connectivity index (χ2v) is 5.40. The summed E-state index contributed by atoms with van der Waals surface area (Å²) in [5.74, 6) is 0.579. The van der Waals surface area contributed by atoms with Gasteiger partial charge in [-0.15, -0.1) is 0 Å². The molecule has 3 nitrogen and oxygen atoms in total. The number of carbonyl (C=O) groups excluding carboxylic acids is 1. The van der Waals surface area contributed by atoms with Gasteiger partial charge in [-0.3, -0.25) is 4.79 Å². The molecular formula is C16H16BrNO2. The van der Waals surface area contributed by atoms with Gasteiger partial charge in [0.1, 0.15) is 5.75 Å². The van der Waals surface area contributed by atoms with E-state index in [1.54, 1.807) is 25.1 Å². The van der Waals surface area contributed by atoms with Gasteiger partial charge in [0.25, 0.3) is 5.91 Å². The molecule has 0 atom stereocenters. The Morgan fingerprint density at radius 1 is 1.20 bits per heavy atom. The van der Waals surface area contributed by atoms with Gasteiger partial charge in [0, 0.05) is 17.2 Å². The first-order valence-corrected chi connectivity index (χ1v) is 7.00. The van der Waals surface area contributed by atoms with Gasteiger partial charge in [-0.1, -0.05) is 12.1 Å². The molecule has 20 heavy (non-hydrogen) atoms. The third-order valence-electron chi connectivity index (χ3n) is 3.10. The Labute approximate surface area is 127 Å². The molecule has 1 amide bonds. The van der Waals surface area contributed by atoms with Crippen molar-refractivity contribution in [2.24, 2.45) is 0 Å². The maximum atomic E-state index is 12.6. The number of benzene rings is 2. The smallest absolute Gasteiger partial charge is 0.259 e. The molecule has 4 heteroatoms. The highest BCUT2D eigenvalue weighted by atomic mass is 79.9. The summed E-state index contributed by atoms with van der Waals surface area (Å²) < 4.78 is 5.93. The number of aryl methyl sites for hydroxylation is 1. The topological polar surface area (TPSA) is 29.5 Å². The summed E-state index contributed by atoms with van der Waals surface area (Å²) in [6.07, 6.45) is 0. The molecular weight excluding hydrogens is 318 g/mol. The van der Waals surface area contributed by atoms with Crippen molar-refractivity contribution in [2.75, 3.05) is 19.1 Å². The molecule has 0 heterocycles. The number of anilines is 1. The van der Waals surface area contributed by atoms with Gasteiger partial charge in [-0.25, -0.2) is 0 Å². The molecule has 0 aliphatic carbocycles. The maximum Gasteiger partial charge on any atom is 0.259 e. The predicted molar refractivity (Wildman–Crippen MR) is 84.6 cm³/mol. The molecule has 2 rings (SSSR count). The van der Waals surface area contributed by atoms with Crippen LogP contribution in [0.1, 0.15) is 15.9 Å². The van der Waals surface area contributed by atoms with E-state index in [1.165, 1.54) is 0 Å². The van der Waals surface area contributed by atoms with Gasteiger partial charge in [0.2, 0.25) is 0 Å². The number of hydrogen-bond acceptors (Lipinski definition) is 2. The molecule has 0 unspecified atom stereocenters. The Kier molecular flexibility index (Phi) is 4.45. The normalized spacial score (nSPS) is 10.2. The van der Waals surface area contributed by atoms with Gasteiger partial charge in [0.15, 0.2) is 0 Å². The Bertz CT molecular complexity index is 640. The minimum atomic E-state index is -0.0821. The fourth-order valence-corrected chi connectivity index (χ4v) is 2.35. The Balaban J connectivity index is 2.36. The number of nitrogens with zero attached hydrogens (tertiary/aromatic N) is 1. The maximum absolute atomic E-state index is 12.6. The first-order valence-electron chi connectivity index (χ1n) is 6.21. The Morgan fingerprint density at radius 3 is 2.60 bits per heavy atom. The van der Waals surface area contributed by atoms with Gasteiger partial charge in [-0.05, 0) is 58.7 Å². The Hall–Kier alpha value is -1.81. The van der Waals surface area contributed by atoms with Crippen LogP contribution in [0.15, 0.2) is 46.9 Å². The van der Waals surface area contributed by atoms with E-state index in [2.05, 4.69) is 15.9 Å². The molecule has 0 saturated carbocycles. The molecule has 0 bridgehead atoms. The van der Waals surface area contributed by atoms with Crippen molar-refractivity contribution < 1.29 is 9.53 Å². The highest BCUT2D eigenvalue weighted by Gasteiger charge is 2.17. The number of rotatable bonds is 3. The van der Waals surface area contributed by atoms with E-state index < -0.39 is 0 Å². The molecule has 0 aliphatic rings. The van der Waals surface area contributed by atoms with Crippen LogP contribution in [-0.4, -0.2) is 20.1 Å². The van der Waals surface area contributed by atoms with E-state index in [0.29, 0.717) is 11.3 Å². The van der Waals surface area contributed by atoms with Gasteiger partial charge in [0.05, 0.1) is 12.7 Å². The van der Waals surface area contributed by atoms with Crippen LogP contribution in [-0.2, 0) is 0 Å². The molecule has 2 aromatic rings. The zero-order chi connectivity index (χ0) is 14.7. The number of methoxy groups -OCH3 is 1. The average Bonchev–Trinajstić information content (AvgIpc) is 2.46. The molecule has 0 radical (unpaired) electrons. The van der Waals surface area contributed by atoms with Crippen LogP contribution in [0.5, 0.6) is 5.75 Å². The third kappa shape index (κ3) is 3.02. The van der Waals surface area contributed by atoms with Crippen LogP contribution in [0.25, 0.3) is 0 Å². The lowest BCUT2D eigenvalue weighted by atomic mass is 10.1. The summed E-state index contributed by atoms with van der Waals surface area (Å²) >= 11 is 3.41. The van der Waals surface area contributed by atoms with E-state index in [9.17, 15) is 4.79 Å². The molecule has 0 fully saturated rings. The van der Waals surface area contributed by atoms with Crippen LogP contribution in [0.4, 0.5) is 5.69 Å². The Morgan fingerprint density at radius 2 is 1.95 bits per heavy atom. The van der Waals surface area contributed by atoms with Crippen molar-refractivity contribution >= 4 is 27.5 Å². The van der Waals surface area contributed by atoms with E-state index >= 15 is 0 Å². The number of carbonyl (C=O) groups is 1. The van der Waals surface area contributed by atoms with Crippen LogP contribution in [0.3, 0.4) is 0 Å². The van der Waals surface area contributed by atoms with Crippen LogP contribution in [0, 0.1) is 6.92 Å². The zero-order valence-corrected chi connectivity index (χ0v) is 13.3. The third-order valence-corrected chi connectivity index (χ3v) is 3.79. The second-order valence-electron chi connectivity index (χ2n) is 4.55. The summed E-state index contributed by atoms with van der Waals surface area (Å²) in [4.78, 5) is 14.2. The van der Waals surface area contributed by atoms with Crippen LogP contribution < -0.4 is 9.64 Å². The van der Waals surface area contributed by atoms with Crippen molar-refractivity contribution in [3.8, 4) is 5.75 Å². The van der Waals surface area contributed by atoms with E-state index in [1.807, 2.05) is 43.3 Å². The highest BCUT2D eigenvalue weighted by molar-refractivity contribution is 9.10. The molecule has 2 aromatic carbocycles. The highest BCUT2D eigenvalue weighted by Crippen LogP contribution is 2.25. The minimum absolute atomic E-state index is 0.0821. The lowest BCUT2D eigenvalue weighted by Crippen LogP contribution is -2.26. The molecule has 0 aliphatic heterocycles. The molecule has 0 saturated heterocycles. The molecule has 0 spiro atoms. The quantitative estimate of drug-likeness (QED) is 0.848. The van der Waals surface area contributed by atoms with Crippen molar-refractivity contribution in [1.29, 1.82) is 0 Å². The minimum Gasteiger partial charge on any atom is -0.497 e. The lowest BCUT2D eigenvalue weighted by Gasteiger charge is -2.19. The average molecular weight is 334 g/mol. The van der Waals surface area contributed by atoms with Crippen LogP contribution in [0.2, 0.25) is 0 Å². The first-order chi connectivity index (χ1) is 9.52. The number of amides is 1. The fourth-order valence-electron chi connectivity index (χ4n) is 1.93. The largest absolute Gasteiger partial charge is 0.497 e. The number of ether oxygens (including phenoxy) is 1. The second kappa shape index (κ2) is 6.09. The molecule has 0 aromatic heterocycles. The van der Waals surface area contributed by atoms with E-state index in [-0.39, 0.29) is 5.91 Å². The van der Waals surface area contributed by atoms with Crippen molar-refractivity contribution in [1.82, 2.24) is 0 Å². The predicted octanol–water partition coefficient (Wildman–Crippen LogP) is 4.04. The summed E-state index contributed by atoms with van der Waals surface area (Å²) in [6.45, 7) is 2.00. The summed E-state index contributed by atoms with van der Waals surface area (Å²) in [5, 5.41) is 0. The standard InChI is InChI=1S/C16H16BrNO2/c1-11-5-4-6-12(9-11)18(2)16(19)14-10-13(20-3)7-8-15(14)17/h4-10H,1-3H3. The fraction of sp³-hybridized carbons (Fsp3) is 0.188. The first kappa shape index (κ1) is 14.6. The molecule has 0 N–H and O–H groups in total.